The lowest BCUT2D eigenvalue weighted by Crippen LogP contribution is -2.32. The zero-order valence-electron chi connectivity index (χ0n) is 12.6. The van der Waals surface area contributed by atoms with Crippen LogP contribution in [0.5, 0.6) is 0 Å². The van der Waals surface area contributed by atoms with Gasteiger partial charge in [-0.1, -0.05) is 0 Å². The molecule has 0 aliphatic rings. The second kappa shape index (κ2) is 7.35. The SMILES string of the molecule is CNCCN(C)C(=O)c1ccc(S(=O)(=O)N(C)C)c(Br)c1. The number of halogens is 1. The maximum atomic E-state index is 12.2. The first-order valence-corrected chi connectivity index (χ1v) is 8.57. The molecule has 1 N–H and O–H groups in total. The third-order valence-electron chi connectivity index (χ3n) is 2.98. The number of sulfonamides is 1. The van der Waals surface area contributed by atoms with Crippen LogP contribution < -0.4 is 5.32 Å². The second-order valence-corrected chi connectivity index (χ2v) is 7.74. The van der Waals surface area contributed by atoms with Crippen LogP contribution in [0.4, 0.5) is 0 Å². The minimum Gasteiger partial charge on any atom is -0.340 e. The second-order valence-electron chi connectivity index (χ2n) is 4.76. The molecule has 0 atom stereocenters. The van der Waals surface area contributed by atoms with Crippen molar-refractivity contribution in [3.8, 4) is 0 Å². The Morgan fingerprint density at radius 2 is 1.90 bits per heavy atom. The molecule has 0 aromatic heterocycles. The monoisotopic (exact) mass is 377 g/mol. The summed E-state index contributed by atoms with van der Waals surface area (Å²) in [5, 5.41) is 2.97. The molecule has 1 amide bonds. The summed E-state index contributed by atoms with van der Waals surface area (Å²) in [5.74, 6) is -0.153. The van der Waals surface area contributed by atoms with E-state index in [9.17, 15) is 13.2 Å². The summed E-state index contributed by atoms with van der Waals surface area (Å²) in [4.78, 5) is 13.9. The molecule has 0 radical (unpaired) electrons. The van der Waals surface area contributed by atoms with Gasteiger partial charge in [0, 0.05) is 44.3 Å². The first-order valence-electron chi connectivity index (χ1n) is 6.34. The molecule has 0 aliphatic carbocycles. The quantitative estimate of drug-likeness (QED) is 0.802. The van der Waals surface area contributed by atoms with E-state index >= 15 is 0 Å². The van der Waals surface area contributed by atoms with E-state index < -0.39 is 10.0 Å². The van der Waals surface area contributed by atoms with Gasteiger partial charge in [-0.3, -0.25) is 4.79 Å². The van der Waals surface area contributed by atoms with E-state index in [0.717, 1.165) is 4.31 Å². The zero-order chi connectivity index (χ0) is 16.2. The fraction of sp³-hybridized carbons (Fsp3) is 0.462. The van der Waals surface area contributed by atoms with Crippen LogP contribution in [-0.4, -0.2) is 64.8 Å². The largest absolute Gasteiger partial charge is 0.340 e. The number of hydrogen-bond acceptors (Lipinski definition) is 4. The Labute approximate surface area is 134 Å². The van der Waals surface area contributed by atoms with E-state index in [-0.39, 0.29) is 10.8 Å². The molecule has 0 heterocycles. The van der Waals surface area contributed by atoms with Crippen LogP contribution in [0.2, 0.25) is 0 Å². The lowest BCUT2D eigenvalue weighted by Gasteiger charge is -2.18. The Morgan fingerprint density at radius 3 is 2.38 bits per heavy atom. The third kappa shape index (κ3) is 4.26. The molecule has 0 saturated carbocycles. The summed E-state index contributed by atoms with van der Waals surface area (Å²) in [6, 6.07) is 4.51. The summed E-state index contributed by atoms with van der Waals surface area (Å²) in [6.45, 7) is 1.27. The number of nitrogens with one attached hydrogen (secondary N) is 1. The van der Waals surface area contributed by atoms with Gasteiger partial charge in [0.15, 0.2) is 0 Å². The summed E-state index contributed by atoms with van der Waals surface area (Å²) < 4.78 is 25.7. The highest BCUT2D eigenvalue weighted by molar-refractivity contribution is 9.10. The molecule has 1 rings (SSSR count). The summed E-state index contributed by atoms with van der Waals surface area (Å²) in [6.07, 6.45) is 0. The lowest BCUT2D eigenvalue weighted by molar-refractivity contribution is 0.0796. The van der Waals surface area contributed by atoms with Crippen molar-refractivity contribution in [2.75, 3.05) is 41.3 Å². The maximum Gasteiger partial charge on any atom is 0.253 e. The molecule has 6 nitrogen and oxygen atoms in total. The molecule has 118 valence electrons. The third-order valence-corrected chi connectivity index (χ3v) is 5.77. The van der Waals surface area contributed by atoms with Crippen LogP contribution in [-0.2, 0) is 10.0 Å². The lowest BCUT2D eigenvalue weighted by atomic mass is 10.2. The Bertz CT molecular complexity index is 617. The molecule has 0 fully saturated rings. The van der Waals surface area contributed by atoms with Gasteiger partial charge < -0.3 is 10.2 Å². The highest BCUT2D eigenvalue weighted by Gasteiger charge is 2.22. The minimum atomic E-state index is -3.53. The highest BCUT2D eigenvalue weighted by atomic mass is 79.9. The Morgan fingerprint density at radius 1 is 1.29 bits per heavy atom. The van der Waals surface area contributed by atoms with E-state index in [1.165, 1.54) is 32.3 Å². The van der Waals surface area contributed by atoms with Gasteiger partial charge in [0.2, 0.25) is 10.0 Å². The van der Waals surface area contributed by atoms with Crippen molar-refractivity contribution < 1.29 is 13.2 Å². The van der Waals surface area contributed by atoms with Gasteiger partial charge >= 0.3 is 0 Å². The average Bonchev–Trinajstić information content (AvgIpc) is 2.43. The Kier molecular flexibility index (Phi) is 6.33. The molecular weight excluding hydrogens is 358 g/mol. The van der Waals surface area contributed by atoms with E-state index in [4.69, 9.17) is 0 Å². The summed E-state index contributed by atoms with van der Waals surface area (Å²) in [5.41, 5.74) is 0.443. The van der Waals surface area contributed by atoms with Crippen LogP contribution in [0.25, 0.3) is 0 Å². The average molecular weight is 378 g/mol. The number of carbonyl (C=O) groups excluding carboxylic acids is 1. The van der Waals surface area contributed by atoms with Crippen LogP contribution in [0.1, 0.15) is 10.4 Å². The Balaban J connectivity index is 3.06. The summed E-state index contributed by atoms with van der Waals surface area (Å²) in [7, 11) is 2.92. The molecule has 21 heavy (non-hydrogen) atoms. The molecule has 1 aromatic carbocycles. The van der Waals surface area contributed by atoms with Crippen LogP contribution >= 0.6 is 15.9 Å². The number of carbonyl (C=O) groups is 1. The predicted molar refractivity (Wildman–Crippen MR) is 85.9 cm³/mol. The van der Waals surface area contributed by atoms with Crippen molar-refractivity contribution in [2.24, 2.45) is 0 Å². The van der Waals surface area contributed by atoms with E-state index in [1.54, 1.807) is 11.9 Å². The minimum absolute atomic E-state index is 0.141. The first kappa shape index (κ1) is 18.1. The molecule has 0 aliphatic heterocycles. The molecular formula is C13H20BrN3O3S. The van der Waals surface area contributed by atoms with E-state index in [2.05, 4.69) is 21.2 Å². The maximum absolute atomic E-state index is 12.2. The van der Waals surface area contributed by atoms with Crippen LogP contribution in [0.15, 0.2) is 27.6 Å². The molecule has 0 unspecified atom stereocenters. The highest BCUT2D eigenvalue weighted by Crippen LogP contribution is 2.25. The van der Waals surface area contributed by atoms with Crippen molar-refractivity contribution in [3.05, 3.63) is 28.2 Å². The van der Waals surface area contributed by atoms with Gasteiger partial charge in [0.25, 0.3) is 5.91 Å². The molecule has 8 heteroatoms. The van der Waals surface area contributed by atoms with Gasteiger partial charge in [-0.15, -0.1) is 0 Å². The molecule has 0 saturated heterocycles. The summed E-state index contributed by atoms with van der Waals surface area (Å²) >= 11 is 3.23. The fourth-order valence-electron chi connectivity index (χ4n) is 1.64. The number of hydrogen-bond donors (Lipinski definition) is 1. The molecule has 1 aromatic rings. The van der Waals surface area contributed by atoms with Crippen LogP contribution in [0, 0.1) is 0 Å². The predicted octanol–water partition coefficient (Wildman–Crippen LogP) is 0.991. The Hall–Kier alpha value is -0.960. The molecule has 0 spiro atoms. The van der Waals surface area contributed by atoms with Gasteiger partial charge in [-0.05, 0) is 41.2 Å². The number of amides is 1. The number of rotatable bonds is 6. The zero-order valence-corrected chi connectivity index (χ0v) is 15.0. The fourth-order valence-corrected chi connectivity index (χ4v) is 3.57. The normalized spacial score (nSPS) is 11.7. The number of likely N-dealkylation sites (N-methyl/N-ethyl adjacent to an activating group) is 2. The molecule has 0 bridgehead atoms. The van der Waals surface area contributed by atoms with Gasteiger partial charge in [-0.2, -0.15) is 0 Å². The smallest absolute Gasteiger partial charge is 0.253 e. The van der Waals surface area contributed by atoms with Gasteiger partial charge in [0.05, 0.1) is 4.90 Å². The van der Waals surface area contributed by atoms with E-state index in [0.29, 0.717) is 23.1 Å². The van der Waals surface area contributed by atoms with Crippen molar-refractivity contribution in [1.82, 2.24) is 14.5 Å². The van der Waals surface area contributed by atoms with Crippen molar-refractivity contribution >= 4 is 31.9 Å². The topological polar surface area (TPSA) is 69.7 Å². The van der Waals surface area contributed by atoms with Crippen LogP contribution in [0.3, 0.4) is 0 Å². The van der Waals surface area contributed by atoms with Crippen molar-refractivity contribution in [3.63, 3.8) is 0 Å². The van der Waals surface area contributed by atoms with E-state index in [1.807, 2.05) is 7.05 Å². The first-order chi connectivity index (χ1) is 9.71. The van der Waals surface area contributed by atoms with Gasteiger partial charge in [0.1, 0.15) is 0 Å². The van der Waals surface area contributed by atoms with Gasteiger partial charge in [-0.25, -0.2) is 12.7 Å². The van der Waals surface area contributed by atoms with Crippen molar-refractivity contribution in [2.45, 2.75) is 4.90 Å². The number of benzene rings is 1. The number of nitrogens with zero attached hydrogens (tertiary/aromatic N) is 2. The van der Waals surface area contributed by atoms with Crippen molar-refractivity contribution in [1.29, 1.82) is 0 Å². The standard InChI is InChI=1S/C13H20BrN3O3S/c1-15-7-8-17(4)13(18)10-5-6-12(11(14)9-10)21(19,20)16(2)3/h5-6,9,15H,7-8H2,1-4H3.